The predicted octanol–water partition coefficient (Wildman–Crippen LogP) is 3.32. The average Bonchev–Trinajstić information content (AvgIpc) is 3.10. The second-order valence-electron chi connectivity index (χ2n) is 4.95. The highest BCUT2D eigenvalue weighted by atomic mass is 79.9. The molecule has 1 aliphatic carbocycles. The van der Waals surface area contributed by atoms with Crippen LogP contribution in [0, 0.1) is 0 Å². The molecule has 6 heteroatoms. The van der Waals surface area contributed by atoms with Crippen molar-refractivity contribution in [3.63, 3.8) is 0 Å². The molecular weight excluding hydrogens is 336 g/mol. The van der Waals surface area contributed by atoms with Crippen LogP contribution in [0.2, 0.25) is 4.34 Å². The molecule has 2 aliphatic rings. The lowest BCUT2D eigenvalue weighted by Gasteiger charge is -2.39. The van der Waals surface area contributed by atoms with Gasteiger partial charge in [-0.15, -0.1) is 11.3 Å². The number of piperidine rings is 1. The third-order valence-corrected chi connectivity index (χ3v) is 6.13. The van der Waals surface area contributed by atoms with Crippen molar-refractivity contribution >= 4 is 44.8 Å². The molecule has 3 rings (SSSR count). The highest BCUT2D eigenvalue weighted by Crippen LogP contribution is 2.44. The quantitative estimate of drug-likeness (QED) is 0.890. The Morgan fingerprint density at radius 1 is 1.44 bits per heavy atom. The standard InChI is InChI=1S/C12H14BrClN2OS/c13-7-5-9(18-12(7)14)11-8(15)3-4-10(17)16(11)6-1-2-6/h5-6,8,11H,1-4,15H2. The summed E-state index contributed by atoms with van der Waals surface area (Å²) < 4.78 is 1.62. The van der Waals surface area contributed by atoms with Gasteiger partial charge >= 0.3 is 0 Å². The van der Waals surface area contributed by atoms with Crippen LogP contribution in [0.1, 0.15) is 36.6 Å². The van der Waals surface area contributed by atoms with E-state index < -0.39 is 0 Å². The van der Waals surface area contributed by atoms with Crippen molar-refractivity contribution in [1.82, 2.24) is 4.90 Å². The van der Waals surface area contributed by atoms with E-state index in [-0.39, 0.29) is 18.0 Å². The normalized spacial score (nSPS) is 28.8. The summed E-state index contributed by atoms with van der Waals surface area (Å²) in [5.74, 6) is 0.241. The van der Waals surface area contributed by atoms with Gasteiger partial charge in [0.05, 0.1) is 6.04 Å². The predicted molar refractivity (Wildman–Crippen MR) is 76.8 cm³/mol. The van der Waals surface area contributed by atoms with Crippen LogP contribution in [-0.2, 0) is 4.79 Å². The minimum atomic E-state index is 0.00699. The molecule has 3 nitrogen and oxygen atoms in total. The van der Waals surface area contributed by atoms with E-state index in [2.05, 4.69) is 15.9 Å². The van der Waals surface area contributed by atoms with Crippen LogP contribution in [0.15, 0.2) is 10.5 Å². The lowest BCUT2D eigenvalue weighted by atomic mass is 9.95. The highest BCUT2D eigenvalue weighted by Gasteiger charge is 2.43. The van der Waals surface area contributed by atoms with Crippen molar-refractivity contribution in [3.8, 4) is 0 Å². The van der Waals surface area contributed by atoms with Gasteiger partial charge in [0.2, 0.25) is 5.91 Å². The number of amides is 1. The van der Waals surface area contributed by atoms with Crippen molar-refractivity contribution in [1.29, 1.82) is 0 Å². The zero-order valence-corrected chi connectivity index (χ0v) is 12.9. The van der Waals surface area contributed by atoms with Crippen molar-refractivity contribution in [2.45, 2.75) is 43.8 Å². The van der Waals surface area contributed by atoms with Gasteiger partial charge in [-0.25, -0.2) is 0 Å². The second-order valence-corrected chi connectivity index (χ2v) is 7.49. The van der Waals surface area contributed by atoms with Gasteiger partial charge in [0.1, 0.15) is 4.34 Å². The zero-order chi connectivity index (χ0) is 12.9. The third kappa shape index (κ3) is 2.22. The lowest BCUT2D eigenvalue weighted by Crippen LogP contribution is -2.49. The Labute approximate surface area is 123 Å². The van der Waals surface area contributed by atoms with E-state index in [4.69, 9.17) is 17.3 Å². The van der Waals surface area contributed by atoms with E-state index >= 15 is 0 Å². The first-order valence-electron chi connectivity index (χ1n) is 6.09. The van der Waals surface area contributed by atoms with Gasteiger partial charge in [0, 0.05) is 27.9 Å². The van der Waals surface area contributed by atoms with Crippen molar-refractivity contribution in [2.24, 2.45) is 5.73 Å². The van der Waals surface area contributed by atoms with Gasteiger partial charge in [-0.05, 0) is 41.3 Å². The number of nitrogens with zero attached hydrogens (tertiary/aromatic N) is 1. The maximum Gasteiger partial charge on any atom is 0.223 e. The Kier molecular flexibility index (Phi) is 3.43. The van der Waals surface area contributed by atoms with Crippen LogP contribution in [0.3, 0.4) is 0 Å². The Balaban J connectivity index is 1.96. The van der Waals surface area contributed by atoms with Gasteiger partial charge < -0.3 is 10.6 Å². The summed E-state index contributed by atoms with van der Waals surface area (Å²) in [6.45, 7) is 0. The maximum absolute atomic E-state index is 12.1. The number of rotatable bonds is 2. The molecule has 0 radical (unpaired) electrons. The van der Waals surface area contributed by atoms with Crippen LogP contribution in [0.25, 0.3) is 0 Å². The van der Waals surface area contributed by atoms with E-state index in [1.165, 1.54) is 11.3 Å². The van der Waals surface area contributed by atoms with Crippen molar-refractivity contribution in [2.75, 3.05) is 0 Å². The third-order valence-electron chi connectivity index (χ3n) is 3.58. The number of hydrogen-bond acceptors (Lipinski definition) is 3. The zero-order valence-electron chi connectivity index (χ0n) is 9.73. The summed E-state index contributed by atoms with van der Waals surface area (Å²) in [6, 6.07) is 2.43. The SMILES string of the molecule is NC1CCC(=O)N(C2CC2)C1c1cc(Br)c(Cl)s1. The smallest absolute Gasteiger partial charge is 0.223 e. The first-order chi connectivity index (χ1) is 8.58. The molecule has 0 aromatic carbocycles. The maximum atomic E-state index is 12.1. The van der Waals surface area contributed by atoms with E-state index in [0.717, 1.165) is 32.9 Å². The Morgan fingerprint density at radius 3 is 2.72 bits per heavy atom. The van der Waals surface area contributed by atoms with Gasteiger partial charge in [-0.3, -0.25) is 4.79 Å². The summed E-state index contributed by atoms with van der Waals surface area (Å²) in [5.41, 5.74) is 6.24. The first kappa shape index (κ1) is 12.9. The molecule has 0 bridgehead atoms. The number of likely N-dealkylation sites (tertiary alicyclic amines) is 1. The van der Waals surface area contributed by atoms with Gasteiger partial charge in [-0.1, -0.05) is 11.6 Å². The summed E-state index contributed by atoms with van der Waals surface area (Å²) in [5, 5.41) is 0. The molecule has 1 amide bonds. The molecule has 2 N–H and O–H groups in total. The average molecular weight is 350 g/mol. The molecule has 1 saturated heterocycles. The highest BCUT2D eigenvalue weighted by molar-refractivity contribution is 9.10. The molecule has 18 heavy (non-hydrogen) atoms. The van der Waals surface area contributed by atoms with Crippen LogP contribution >= 0.6 is 38.9 Å². The molecule has 98 valence electrons. The van der Waals surface area contributed by atoms with Crippen LogP contribution in [0.4, 0.5) is 0 Å². The Morgan fingerprint density at radius 2 is 2.17 bits per heavy atom. The van der Waals surface area contributed by atoms with Gasteiger partial charge in [0.15, 0.2) is 0 Å². The van der Waals surface area contributed by atoms with Crippen LogP contribution in [-0.4, -0.2) is 22.9 Å². The van der Waals surface area contributed by atoms with E-state index in [0.29, 0.717) is 12.5 Å². The molecule has 0 spiro atoms. The molecule has 2 fully saturated rings. The summed E-state index contributed by atoms with van der Waals surface area (Å²) in [7, 11) is 0. The van der Waals surface area contributed by atoms with Crippen LogP contribution < -0.4 is 5.73 Å². The second kappa shape index (κ2) is 4.78. The largest absolute Gasteiger partial charge is 0.330 e. The number of carbonyl (C=O) groups is 1. The number of nitrogens with two attached hydrogens (primary N) is 1. The number of halogens is 2. The van der Waals surface area contributed by atoms with E-state index in [9.17, 15) is 4.79 Å². The van der Waals surface area contributed by atoms with E-state index in [1.54, 1.807) is 0 Å². The molecule has 2 heterocycles. The molecule has 2 unspecified atom stereocenters. The molecule has 1 saturated carbocycles. The fourth-order valence-electron chi connectivity index (χ4n) is 2.58. The summed E-state index contributed by atoms with van der Waals surface area (Å²) in [4.78, 5) is 15.2. The first-order valence-corrected chi connectivity index (χ1v) is 8.08. The minimum absolute atomic E-state index is 0.00699. The van der Waals surface area contributed by atoms with Crippen LogP contribution in [0.5, 0.6) is 0 Å². The lowest BCUT2D eigenvalue weighted by molar-refractivity contribution is -0.138. The van der Waals surface area contributed by atoms with Crippen molar-refractivity contribution in [3.05, 3.63) is 19.8 Å². The van der Waals surface area contributed by atoms with E-state index in [1.807, 2.05) is 11.0 Å². The monoisotopic (exact) mass is 348 g/mol. The Bertz CT molecular complexity index is 469. The fourth-order valence-corrected chi connectivity index (χ4v) is 4.49. The minimum Gasteiger partial charge on any atom is -0.330 e. The topological polar surface area (TPSA) is 46.3 Å². The molecule has 1 aromatic rings. The Hall–Kier alpha value is -0.100. The molecular formula is C12H14BrClN2OS. The molecule has 1 aromatic heterocycles. The summed E-state index contributed by atoms with van der Waals surface area (Å²) >= 11 is 11.0. The molecule has 1 aliphatic heterocycles. The molecule has 2 atom stereocenters. The van der Waals surface area contributed by atoms with Crippen molar-refractivity contribution < 1.29 is 4.79 Å². The fraction of sp³-hybridized carbons (Fsp3) is 0.583. The van der Waals surface area contributed by atoms with Gasteiger partial charge in [0.25, 0.3) is 0 Å². The number of thiophene rings is 1. The van der Waals surface area contributed by atoms with Gasteiger partial charge in [-0.2, -0.15) is 0 Å². The number of carbonyl (C=O) groups excluding carboxylic acids is 1. The summed E-state index contributed by atoms with van der Waals surface area (Å²) in [6.07, 6.45) is 3.55. The number of hydrogen-bond donors (Lipinski definition) is 1.